The molecule has 0 unspecified atom stereocenters. The zero-order chi connectivity index (χ0) is 19.8. The van der Waals surface area contributed by atoms with Crippen molar-refractivity contribution >= 4 is 17.4 Å². The summed E-state index contributed by atoms with van der Waals surface area (Å²) in [5.74, 6) is -0.643. The fraction of sp³-hybridized carbons (Fsp3) is 0.0833. The second-order valence-electron chi connectivity index (χ2n) is 6.35. The second-order valence-corrected chi connectivity index (χ2v) is 6.35. The smallest absolute Gasteiger partial charge is 0.268 e. The van der Waals surface area contributed by atoms with Gasteiger partial charge in [-0.15, -0.1) is 0 Å². The van der Waals surface area contributed by atoms with E-state index in [0.717, 1.165) is 11.1 Å². The minimum atomic E-state index is -0.325. The zero-order valence-electron chi connectivity index (χ0n) is 15.7. The Labute approximate surface area is 164 Å². The summed E-state index contributed by atoms with van der Waals surface area (Å²) in [6.07, 6.45) is 0. The molecule has 4 heteroatoms. The maximum Gasteiger partial charge on any atom is 0.268 e. The van der Waals surface area contributed by atoms with Gasteiger partial charge in [0, 0.05) is 12.1 Å². The summed E-state index contributed by atoms with van der Waals surface area (Å²) in [5, 5.41) is 5.69. The number of amides is 2. The summed E-state index contributed by atoms with van der Waals surface area (Å²) in [4.78, 5) is 25.6. The van der Waals surface area contributed by atoms with Crippen LogP contribution in [-0.2, 0) is 11.3 Å². The predicted octanol–water partition coefficient (Wildman–Crippen LogP) is 4.16. The van der Waals surface area contributed by atoms with Crippen molar-refractivity contribution in [3.8, 4) is 0 Å². The van der Waals surface area contributed by atoms with Gasteiger partial charge in [-0.2, -0.15) is 0 Å². The van der Waals surface area contributed by atoms with E-state index in [1.165, 1.54) is 0 Å². The maximum absolute atomic E-state index is 12.9. The summed E-state index contributed by atoms with van der Waals surface area (Å²) >= 11 is 0. The van der Waals surface area contributed by atoms with Crippen molar-refractivity contribution in [2.24, 2.45) is 0 Å². The summed E-state index contributed by atoms with van der Waals surface area (Å²) in [6, 6.07) is 28.0. The van der Waals surface area contributed by atoms with Gasteiger partial charge in [0.15, 0.2) is 0 Å². The van der Waals surface area contributed by atoms with Crippen LogP contribution in [0.15, 0.2) is 96.7 Å². The number of rotatable bonds is 6. The van der Waals surface area contributed by atoms with E-state index in [-0.39, 0.29) is 17.5 Å². The van der Waals surface area contributed by atoms with Crippen LogP contribution in [0.25, 0.3) is 5.57 Å². The average Bonchev–Trinajstić information content (AvgIpc) is 2.77. The van der Waals surface area contributed by atoms with Crippen LogP contribution < -0.4 is 10.6 Å². The van der Waals surface area contributed by atoms with Crippen LogP contribution in [0.5, 0.6) is 0 Å². The van der Waals surface area contributed by atoms with Crippen molar-refractivity contribution in [2.75, 3.05) is 0 Å². The highest BCUT2D eigenvalue weighted by molar-refractivity contribution is 6.07. The van der Waals surface area contributed by atoms with Crippen LogP contribution in [0, 0.1) is 0 Å². The van der Waals surface area contributed by atoms with Crippen LogP contribution in [0.4, 0.5) is 0 Å². The first-order chi connectivity index (χ1) is 13.6. The Morgan fingerprint density at radius 3 is 1.79 bits per heavy atom. The van der Waals surface area contributed by atoms with Gasteiger partial charge >= 0.3 is 0 Å². The van der Waals surface area contributed by atoms with Gasteiger partial charge in [0.25, 0.3) is 11.8 Å². The van der Waals surface area contributed by atoms with Crippen molar-refractivity contribution in [3.05, 3.63) is 113 Å². The van der Waals surface area contributed by atoms with Crippen molar-refractivity contribution in [1.82, 2.24) is 10.6 Å². The topological polar surface area (TPSA) is 58.2 Å². The van der Waals surface area contributed by atoms with Gasteiger partial charge in [-0.25, -0.2) is 0 Å². The molecule has 0 saturated heterocycles. The Kier molecular flexibility index (Phi) is 6.37. The van der Waals surface area contributed by atoms with E-state index >= 15 is 0 Å². The van der Waals surface area contributed by atoms with Crippen molar-refractivity contribution in [3.63, 3.8) is 0 Å². The molecule has 0 atom stereocenters. The van der Waals surface area contributed by atoms with Gasteiger partial charge in [0.1, 0.15) is 5.70 Å². The molecule has 4 nitrogen and oxygen atoms in total. The number of nitrogens with one attached hydrogen (secondary N) is 2. The Morgan fingerprint density at radius 2 is 1.21 bits per heavy atom. The summed E-state index contributed by atoms with van der Waals surface area (Å²) in [5.41, 5.74) is 3.31. The first kappa shape index (κ1) is 19.1. The summed E-state index contributed by atoms with van der Waals surface area (Å²) < 4.78 is 0. The fourth-order valence-electron chi connectivity index (χ4n) is 2.80. The lowest BCUT2D eigenvalue weighted by molar-refractivity contribution is -0.117. The number of carbonyl (C=O) groups is 2. The second kappa shape index (κ2) is 9.33. The molecule has 0 radical (unpaired) electrons. The van der Waals surface area contributed by atoms with Gasteiger partial charge in [0.05, 0.1) is 0 Å². The molecule has 3 aromatic carbocycles. The third-order valence-electron chi connectivity index (χ3n) is 4.38. The molecule has 0 aliphatic heterocycles. The van der Waals surface area contributed by atoms with Gasteiger partial charge in [0.2, 0.25) is 0 Å². The highest BCUT2D eigenvalue weighted by Crippen LogP contribution is 2.17. The third kappa shape index (κ3) is 4.95. The quantitative estimate of drug-likeness (QED) is 0.640. The van der Waals surface area contributed by atoms with Gasteiger partial charge < -0.3 is 10.6 Å². The lowest BCUT2D eigenvalue weighted by atomic mass is 10.0. The molecular weight excluding hydrogens is 348 g/mol. The number of hydrogen-bond donors (Lipinski definition) is 2. The van der Waals surface area contributed by atoms with E-state index in [4.69, 9.17) is 0 Å². The largest absolute Gasteiger partial charge is 0.347 e. The molecule has 3 aromatic rings. The lowest BCUT2D eigenvalue weighted by Gasteiger charge is -2.15. The molecule has 0 fully saturated rings. The van der Waals surface area contributed by atoms with Gasteiger partial charge in [-0.3, -0.25) is 9.59 Å². The van der Waals surface area contributed by atoms with E-state index in [1.807, 2.05) is 73.7 Å². The normalized spacial score (nSPS) is 11.3. The fourth-order valence-corrected chi connectivity index (χ4v) is 2.80. The minimum absolute atomic E-state index is 0.246. The molecule has 2 amide bonds. The molecule has 0 aromatic heterocycles. The SMILES string of the molecule is C/C(=C(/NC(=O)c1ccccc1)C(=O)NCc1ccccc1)c1ccccc1. The van der Waals surface area contributed by atoms with Gasteiger partial charge in [-0.05, 0) is 35.8 Å². The van der Waals surface area contributed by atoms with Crippen LogP contribution in [0.1, 0.15) is 28.4 Å². The first-order valence-electron chi connectivity index (χ1n) is 9.10. The number of hydrogen-bond acceptors (Lipinski definition) is 2. The van der Waals surface area contributed by atoms with Crippen LogP contribution in [0.3, 0.4) is 0 Å². The maximum atomic E-state index is 12.9. The molecule has 0 spiro atoms. The Balaban J connectivity index is 1.86. The molecule has 140 valence electrons. The molecule has 0 aliphatic carbocycles. The van der Waals surface area contributed by atoms with Crippen LogP contribution >= 0.6 is 0 Å². The van der Waals surface area contributed by atoms with E-state index < -0.39 is 0 Å². The number of allylic oxidation sites excluding steroid dienone is 1. The highest BCUT2D eigenvalue weighted by Gasteiger charge is 2.18. The zero-order valence-corrected chi connectivity index (χ0v) is 15.7. The number of benzene rings is 3. The molecule has 0 saturated carbocycles. The Hall–Kier alpha value is -3.66. The van der Waals surface area contributed by atoms with E-state index in [2.05, 4.69) is 10.6 Å². The molecule has 3 rings (SSSR count). The summed E-state index contributed by atoms with van der Waals surface area (Å²) in [6.45, 7) is 2.21. The molecular formula is C24H22N2O2. The van der Waals surface area contributed by atoms with Crippen LogP contribution in [0.2, 0.25) is 0 Å². The summed E-state index contributed by atoms with van der Waals surface area (Å²) in [7, 11) is 0. The first-order valence-corrected chi connectivity index (χ1v) is 9.10. The molecule has 2 N–H and O–H groups in total. The molecule has 0 aliphatic rings. The average molecular weight is 370 g/mol. The monoisotopic (exact) mass is 370 g/mol. The predicted molar refractivity (Wildman–Crippen MR) is 111 cm³/mol. The minimum Gasteiger partial charge on any atom is -0.347 e. The molecule has 0 heterocycles. The lowest BCUT2D eigenvalue weighted by Crippen LogP contribution is -2.35. The van der Waals surface area contributed by atoms with Gasteiger partial charge in [-0.1, -0.05) is 78.9 Å². The van der Waals surface area contributed by atoms with Crippen molar-refractivity contribution < 1.29 is 9.59 Å². The standard InChI is InChI=1S/C24H22N2O2/c1-18(20-13-7-3-8-14-20)22(26-23(27)21-15-9-4-10-16-21)24(28)25-17-19-11-5-2-6-12-19/h2-16H,17H2,1H3,(H,25,28)(H,26,27)/b22-18-. The van der Waals surface area contributed by atoms with Crippen LogP contribution in [-0.4, -0.2) is 11.8 Å². The van der Waals surface area contributed by atoms with E-state index in [1.54, 1.807) is 24.3 Å². The Morgan fingerprint density at radius 1 is 0.714 bits per heavy atom. The third-order valence-corrected chi connectivity index (χ3v) is 4.38. The highest BCUT2D eigenvalue weighted by atomic mass is 16.2. The van der Waals surface area contributed by atoms with E-state index in [0.29, 0.717) is 17.7 Å². The van der Waals surface area contributed by atoms with Crippen molar-refractivity contribution in [2.45, 2.75) is 13.5 Å². The molecule has 28 heavy (non-hydrogen) atoms. The number of carbonyl (C=O) groups excluding carboxylic acids is 2. The van der Waals surface area contributed by atoms with Crippen molar-refractivity contribution in [1.29, 1.82) is 0 Å². The van der Waals surface area contributed by atoms with E-state index in [9.17, 15) is 9.59 Å². The molecule has 0 bridgehead atoms. The Bertz CT molecular complexity index is 965.